The van der Waals surface area contributed by atoms with Crippen molar-refractivity contribution in [1.29, 1.82) is 0 Å². The summed E-state index contributed by atoms with van der Waals surface area (Å²) in [4.78, 5) is 14.2. The Morgan fingerprint density at radius 3 is 2.27 bits per heavy atom. The van der Waals surface area contributed by atoms with Gasteiger partial charge in [-0.1, -0.05) is 18.2 Å². The number of nitrogens with one attached hydrogen (secondary N) is 1. The highest BCUT2D eigenvalue weighted by Gasteiger charge is 2.17. The lowest BCUT2D eigenvalue weighted by molar-refractivity contribution is -0.118. The van der Waals surface area contributed by atoms with Gasteiger partial charge >= 0.3 is 0 Å². The van der Waals surface area contributed by atoms with Crippen LogP contribution in [-0.4, -0.2) is 34.0 Å². The van der Waals surface area contributed by atoms with Crippen LogP contribution in [0.15, 0.2) is 59.5 Å². The molecule has 0 saturated heterocycles. The summed E-state index contributed by atoms with van der Waals surface area (Å²) in [5.74, 6) is 0.483. The maximum absolute atomic E-state index is 12.4. The third kappa shape index (κ3) is 5.31. The molecule has 7 heteroatoms. The van der Waals surface area contributed by atoms with Crippen LogP contribution in [0, 0.1) is 0 Å². The minimum Gasteiger partial charge on any atom is -0.494 e. The van der Waals surface area contributed by atoms with Crippen LogP contribution in [0.3, 0.4) is 0 Å². The number of para-hydroxylation sites is 1. The Labute approximate surface area is 154 Å². The number of rotatable bonds is 9. The molecular weight excluding hydrogens is 352 g/mol. The third-order valence-electron chi connectivity index (χ3n) is 3.76. The molecule has 0 heterocycles. The lowest BCUT2D eigenvalue weighted by Gasteiger charge is -2.21. The molecule has 0 aliphatic rings. The number of ether oxygens (including phenoxy) is 1. The van der Waals surface area contributed by atoms with Gasteiger partial charge in [-0.25, -0.2) is 13.1 Å². The number of carbonyl (C=O) groups excluding carboxylic acids is 1. The Hall–Kier alpha value is -2.38. The van der Waals surface area contributed by atoms with Gasteiger partial charge in [0.05, 0.1) is 11.5 Å². The quantitative estimate of drug-likeness (QED) is 0.730. The van der Waals surface area contributed by atoms with E-state index in [0.717, 1.165) is 5.69 Å². The Morgan fingerprint density at radius 2 is 1.69 bits per heavy atom. The van der Waals surface area contributed by atoms with E-state index in [4.69, 9.17) is 4.74 Å². The molecule has 0 radical (unpaired) electrons. The smallest absolute Gasteiger partial charge is 0.240 e. The highest BCUT2D eigenvalue weighted by molar-refractivity contribution is 7.89. The summed E-state index contributed by atoms with van der Waals surface area (Å²) in [5.41, 5.74) is 0.800. The highest BCUT2D eigenvalue weighted by atomic mass is 32.2. The van der Waals surface area contributed by atoms with Gasteiger partial charge in [-0.15, -0.1) is 0 Å². The molecule has 0 aliphatic heterocycles. The van der Waals surface area contributed by atoms with Crippen molar-refractivity contribution in [3.05, 3.63) is 54.6 Å². The van der Waals surface area contributed by atoms with Gasteiger partial charge in [0.25, 0.3) is 0 Å². The standard InChI is InChI=1S/C19H24N2O4S/c1-3-21(16-8-6-5-7-9-16)19(22)14-15-20-26(23,24)18-12-10-17(11-13-18)25-4-2/h5-13,20H,3-4,14-15H2,1-2H3. The number of hydrogen-bond donors (Lipinski definition) is 1. The number of nitrogens with zero attached hydrogens (tertiary/aromatic N) is 1. The minimum absolute atomic E-state index is 0.0394. The minimum atomic E-state index is -3.66. The van der Waals surface area contributed by atoms with Crippen LogP contribution in [0.25, 0.3) is 0 Å². The van der Waals surface area contributed by atoms with E-state index in [0.29, 0.717) is 18.9 Å². The maximum Gasteiger partial charge on any atom is 0.240 e. The predicted octanol–water partition coefficient (Wildman–Crippen LogP) is 2.81. The molecule has 0 unspecified atom stereocenters. The number of anilines is 1. The zero-order valence-electron chi connectivity index (χ0n) is 15.0. The molecule has 0 aromatic heterocycles. The van der Waals surface area contributed by atoms with Crippen molar-refractivity contribution in [2.75, 3.05) is 24.6 Å². The molecule has 0 saturated carbocycles. The first-order valence-corrected chi connectivity index (χ1v) is 10.0. The lowest BCUT2D eigenvalue weighted by atomic mass is 10.2. The molecule has 2 rings (SSSR count). The summed E-state index contributed by atoms with van der Waals surface area (Å²) < 4.78 is 32.4. The van der Waals surface area contributed by atoms with Crippen molar-refractivity contribution in [3.63, 3.8) is 0 Å². The zero-order chi connectivity index (χ0) is 19.0. The average molecular weight is 376 g/mol. The second-order valence-electron chi connectivity index (χ2n) is 5.53. The van der Waals surface area contributed by atoms with E-state index in [1.165, 1.54) is 12.1 Å². The molecule has 1 N–H and O–H groups in total. The van der Waals surface area contributed by atoms with Crippen LogP contribution < -0.4 is 14.4 Å². The van der Waals surface area contributed by atoms with Crippen LogP contribution in [0.2, 0.25) is 0 Å². The van der Waals surface area contributed by atoms with Gasteiger partial charge in [-0.3, -0.25) is 4.79 Å². The molecule has 0 fully saturated rings. The second-order valence-corrected chi connectivity index (χ2v) is 7.29. The Bertz CT molecular complexity index is 805. The maximum atomic E-state index is 12.4. The fourth-order valence-electron chi connectivity index (χ4n) is 2.50. The van der Waals surface area contributed by atoms with Gasteiger partial charge in [0, 0.05) is 25.2 Å². The monoisotopic (exact) mass is 376 g/mol. The van der Waals surface area contributed by atoms with Crippen LogP contribution >= 0.6 is 0 Å². The first kappa shape index (κ1) is 19.9. The van der Waals surface area contributed by atoms with Crippen molar-refractivity contribution in [1.82, 2.24) is 4.72 Å². The van der Waals surface area contributed by atoms with E-state index in [2.05, 4.69) is 4.72 Å². The Kier molecular flexibility index (Phi) is 7.17. The molecule has 140 valence electrons. The summed E-state index contributed by atoms with van der Waals surface area (Å²) in [6.45, 7) is 4.82. The SMILES string of the molecule is CCOc1ccc(S(=O)(=O)NCCC(=O)N(CC)c2ccccc2)cc1. The van der Waals surface area contributed by atoms with Crippen molar-refractivity contribution < 1.29 is 17.9 Å². The van der Waals surface area contributed by atoms with Gasteiger partial charge in [0.2, 0.25) is 15.9 Å². The molecule has 6 nitrogen and oxygen atoms in total. The van der Waals surface area contributed by atoms with Gasteiger partial charge in [-0.2, -0.15) is 0 Å². The number of carbonyl (C=O) groups is 1. The molecule has 26 heavy (non-hydrogen) atoms. The van der Waals surface area contributed by atoms with E-state index >= 15 is 0 Å². The lowest BCUT2D eigenvalue weighted by Crippen LogP contribution is -2.34. The highest BCUT2D eigenvalue weighted by Crippen LogP contribution is 2.16. The summed E-state index contributed by atoms with van der Waals surface area (Å²) in [6.07, 6.45) is 0.0823. The van der Waals surface area contributed by atoms with Crippen LogP contribution in [0.5, 0.6) is 5.75 Å². The van der Waals surface area contributed by atoms with E-state index in [9.17, 15) is 13.2 Å². The fraction of sp³-hybridized carbons (Fsp3) is 0.316. The molecule has 0 aliphatic carbocycles. The number of hydrogen-bond acceptors (Lipinski definition) is 4. The van der Waals surface area contributed by atoms with E-state index in [1.54, 1.807) is 17.0 Å². The Balaban J connectivity index is 1.93. The van der Waals surface area contributed by atoms with Crippen molar-refractivity contribution in [2.24, 2.45) is 0 Å². The third-order valence-corrected chi connectivity index (χ3v) is 5.24. The largest absolute Gasteiger partial charge is 0.494 e. The van der Waals surface area contributed by atoms with Crippen molar-refractivity contribution in [3.8, 4) is 5.75 Å². The average Bonchev–Trinajstić information content (AvgIpc) is 2.64. The molecule has 2 aromatic rings. The first-order valence-electron chi connectivity index (χ1n) is 8.56. The number of amides is 1. The first-order chi connectivity index (χ1) is 12.5. The molecule has 0 bridgehead atoms. The molecular formula is C19H24N2O4S. The zero-order valence-corrected chi connectivity index (χ0v) is 15.8. The molecule has 1 amide bonds. The molecule has 2 aromatic carbocycles. The molecule has 0 atom stereocenters. The summed E-state index contributed by atoms with van der Waals surface area (Å²) in [7, 11) is -3.66. The fourth-order valence-corrected chi connectivity index (χ4v) is 3.54. The van der Waals surface area contributed by atoms with E-state index in [-0.39, 0.29) is 23.8 Å². The number of benzene rings is 2. The van der Waals surface area contributed by atoms with Crippen molar-refractivity contribution >= 4 is 21.6 Å². The number of sulfonamides is 1. The Morgan fingerprint density at radius 1 is 1.04 bits per heavy atom. The van der Waals surface area contributed by atoms with Gasteiger partial charge in [0.15, 0.2) is 0 Å². The summed E-state index contributed by atoms with van der Waals surface area (Å²) in [6, 6.07) is 15.5. The van der Waals surface area contributed by atoms with Crippen LogP contribution in [0.1, 0.15) is 20.3 Å². The van der Waals surface area contributed by atoms with Gasteiger partial charge in [0.1, 0.15) is 5.75 Å². The van der Waals surface area contributed by atoms with Crippen molar-refractivity contribution in [2.45, 2.75) is 25.2 Å². The molecule has 0 spiro atoms. The van der Waals surface area contributed by atoms with Crippen LogP contribution in [0.4, 0.5) is 5.69 Å². The normalized spacial score (nSPS) is 11.2. The topological polar surface area (TPSA) is 75.7 Å². The van der Waals surface area contributed by atoms with Gasteiger partial charge in [-0.05, 0) is 50.2 Å². The van der Waals surface area contributed by atoms with Gasteiger partial charge < -0.3 is 9.64 Å². The van der Waals surface area contributed by atoms with E-state index in [1.807, 2.05) is 44.2 Å². The predicted molar refractivity (Wildman–Crippen MR) is 102 cm³/mol. The van der Waals surface area contributed by atoms with Crippen LogP contribution in [-0.2, 0) is 14.8 Å². The second kappa shape index (κ2) is 9.35. The summed E-state index contributed by atoms with van der Waals surface area (Å²) >= 11 is 0. The summed E-state index contributed by atoms with van der Waals surface area (Å²) in [5, 5.41) is 0. The van der Waals surface area contributed by atoms with E-state index < -0.39 is 10.0 Å².